The molecular weight excluding hydrogens is 388 g/mol. The summed E-state index contributed by atoms with van der Waals surface area (Å²) in [5.74, 6) is 2.79. The highest BCUT2D eigenvalue weighted by Gasteiger charge is 2.23. The number of hydrogen-bond acceptors (Lipinski definition) is 7. The molecule has 0 aliphatic carbocycles. The Morgan fingerprint density at radius 3 is 2.52 bits per heavy atom. The third kappa shape index (κ3) is 4.88. The van der Waals surface area contributed by atoms with Crippen LogP contribution in [0.4, 0.5) is 11.8 Å². The van der Waals surface area contributed by atoms with Gasteiger partial charge in [0.15, 0.2) is 0 Å². The lowest BCUT2D eigenvalue weighted by atomic mass is 10.1. The van der Waals surface area contributed by atoms with Crippen molar-refractivity contribution in [1.82, 2.24) is 14.9 Å². The molecule has 0 bridgehead atoms. The molecule has 3 fully saturated rings. The van der Waals surface area contributed by atoms with Gasteiger partial charge < -0.3 is 25.2 Å². The maximum absolute atomic E-state index is 6.29. The topological polar surface area (TPSA) is 70.8 Å². The van der Waals surface area contributed by atoms with Gasteiger partial charge >= 0.3 is 0 Å². The minimum absolute atomic E-state index is 0.215. The quantitative estimate of drug-likeness (QED) is 0.685. The van der Waals surface area contributed by atoms with Crippen LogP contribution in [0.5, 0.6) is 5.75 Å². The first kappa shape index (κ1) is 20.8. The summed E-state index contributed by atoms with van der Waals surface area (Å²) in [5.41, 5.74) is 7.26. The van der Waals surface area contributed by atoms with Gasteiger partial charge in [-0.15, -0.1) is 0 Å². The van der Waals surface area contributed by atoms with E-state index in [0.717, 1.165) is 87.0 Å². The van der Waals surface area contributed by atoms with Crippen molar-refractivity contribution in [2.24, 2.45) is 5.73 Å². The van der Waals surface area contributed by atoms with Crippen LogP contribution in [0.25, 0.3) is 10.9 Å². The fourth-order valence-electron chi connectivity index (χ4n) is 5.16. The third-order valence-electron chi connectivity index (χ3n) is 6.87. The molecule has 7 nitrogen and oxygen atoms in total. The number of hydrogen-bond donors (Lipinski definition) is 1. The first-order valence-corrected chi connectivity index (χ1v) is 12.2. The van der Waals surface area contributed by atoms with Crippen molar-refractivity contribution in [3.63, 3.8) is 0 Å². The monoisotopic (exact) mass is 424 g/mol. The molecule has 4 heterocycles. The number of aromatic nitrogens is 2. The zero-order chi connectivity index (χ0) is 21.0. The second-order valence-electron chi connectivity index (χ2n) is 9.32. The summed E-state index contributed by atoms with van der Waals surface area (Å²) in [6.45, 7) is 8.32. The number of likely N-dealkylation sites (tertiary alicyclic amines) is 1. The van der Waals surface area contributed by atoms with E-state index in [1.54, 1.807) is 0 Å². The normalized spacial score (nSPS) is 22.5. The largest absolute Gasteiger partial charge is 0.493 e. The number of ether oxygens (including phenoxy) is 1. The maximum atomic E-state index is 6.29. The maximum Gasteiger partial charge on any atom is 0.227 e. The average Bonchev–Trinajstić information content (AvgIpc) is 3.50. The van der Waals surface area contributed by atoms with Crippen LogP contribution >= 0.6 is 0 Å². The summed E-state index contributed by atoms with van der Waals surface area (Å²) in [5, 5.41) is 1.10. The van der Waals surface area contributed by atoms with Crippen LogP contribution in [0.3, 0.4) is 0 Å². The van der Waals surface area contributed by atoms with Gasteiger partial charge in [0.05, 0.1) is 12.1 Å². The van der Waals surface area contributed by atoms with Crippen LogP contribution < -0.4 is 20.3 Å². The van der Waals surface area contributed by atoms with Gasteiger partial charge in [0.1, 0.15) is 11.6 Å². The van der Waals surface area contributed by atoms with E-state index in [0.29, 0.717) is 0 Å². The van der Waals surface area contributed by atoms with Crippen molar-refractivity contribution >= 4 is 22.7 Å². The Kier molecular flexibility index (Phi) is 6.41. The highest BCUT2D eigenvalue weighted by molar-refractivity contribution is 5.91. The number of piperidine rings is 1. The molecule has 0 spiro atoms. The molecule has 0 radical (unpaired) electrons. The van der Waals surface area contributed by atoms with Crippen molar-refractivity contribution < 1.29 is 4.74 Å². The zero-order valence-electron chi connectivity index (χ0n) is 18.6. The lowest BCUT2D eigenvalue weighted by Gasteiger charge is -2.33. The molecule has 3 aliphatic rings. The lowest BCUT2D eigenvalue weighted by molar-refractivity contribution is 0.263. The van der Waals surface area contributed by atoms with E-state index in [1.807, 2.05) is 0 Å². The number of benzene rings is 1. The molecule has 2 N–H and O–H groups in total. The minimum atomic E-state index is 0.215. The molecule has 0 amide bonds. The van der Waals surface area contributed by atoms with Crippen LogP contribution in [0.2, 0.25) is 0 Å². The number of nitrogens with two attached hydrogens (primary N) is 1. The van der Waals surface area contributed by atoms with Crippen molar-refractivity contribution in [1.29, 1.82) is 0 Å². The van der Waals surface area contributed by atoms with Gasteiger partial charge in [-0.1, -0.05) is 0 Å². The molecule has 3 saturated heterocycles. The first-order valence-electron chi connectivity index (χ1n) is 12.2. The van der Waals surface area contributed by atoms with Crippen LogP contribution in [0.15, 0.2) is 18.2 Å². The Morgan fingerprint density at radius 2 is 1.71 bits per heavy atom. The average molecular weight is 425 g/mol. The van der Waals surface area contributed by atoms with Crippen molar-refractivity contribution in [3.05, 3.63) is 18.2 Å². The number of fused-ring (bicyclic) bond motifs is 1. The van der Waals surface area contributed by atoms with Crippen molar-refractivity contribution in [3.8, 4) is 5.75 Å². The smallest absolute Gasteiger partial charge is 0.227 e. The third-order valence-corrected chi connectivity index (χ3v) is 6.87. The van der Waals surface area contributed by atoms with Gasteiger partial charge in [-0.25, -0.2) is 4.98 Å². The Morgan fingerprint density at radius 1 is 0.935 bits per heavy atom. The van der Waals surface area contributed by atoms with Crippen molar-refractivity contribution in [2.75, 3.05) is 62.2 Å². The van der Waals surface area contributed by atoms with Crippen LogP contribution in [-0.4, -0.2) is 73.3 Å². The van der Waals surface area contributed by atoms with E-state index in [4.69, 9.17) is 20.4 Å². The Hall–Kier alpha value is -2.12. The molecule has 168 valence electrons. The Bertz CT molecular complexity index is 878. The predicted octanol–water partition coefficient (Wildman–Crippen LogP) is 3.02. The molecule has 31 heavy (non-hydrogen) atoms. The molecule has 7 heteroatoms. The molecule has 1 unspecified atom stereocenters. The molecular formula is C24H36N6O. The Labute approximate surface area is 185 Å². The highest BCUT2D eigenvalue weighted by atomic mass is 16.5. The number of nitrogens with zero attached hydrogens (tertiary/aromatic N) is 5. The number of rotatable bonds is 7. The van der Waals surface area contributed by atoms with E-state index >= 15 is 0 Å². The second kappa shape index (κ2) is 9.57. The zero-order valence-corrected chi connectivity index (χ0v) is 18.6. The molecule has 3 aliphatic heterocycles. The fraction of sp³-hybridized carbons (Fsp3) is 0.667. The van der Waals surface area contributed by atoms with Crippen LogP contribution in [-0.2, 0) is 0 Å². The molecule has 0 saturated carbocycles. The van der Waals surface area contributed by atoms with Crippen LogP contribution in [0, 0.1) is 0 Å². The molecule has 2 aromatic rings. The van der Waals surface area contributed by atoms with E-state index in [1.165, 1.54) is 38.8 Å². The van der Waals surface area contributed by atoms with E-state index < -0.39 is 0 Å². The molecule has 1 aromatic heterocycles. The summed E-state index contributed by atoms with van der Waals surface area (Å²) < 4.78 is 6.11. The number of anilines is 2. The second-order valence-corrected chi connectivity index (χ2v) is 9.32. The van der Waals surface area contributed by atoms with Gasteiger partial charge in [-0.2, -0.15) is 4.98 Å². The van der Waals surface area contributed by atoms with Crippen molar-refractivity contribution in [2.45, 2.75) is 51.0 Å². The summed E-state index contributed by atoms with van der Waals surface area (Å²) in [6.07, 6.45) is 8.39. The highest BCUT2D eigenvalue weighted by Crippen LogP contribution is 2.31. The van der Waals surface area contributed by atoms with Gasteiger partial charge in [0.25, 0.3) is 0 Å². The standard InChI is InChI=1S/C24H36N6O/c25-19-7-5-15-30(18-19)23-21-9-8-20(31-16-6-12-28-10-1-2-11-28)17-22(21)26-24(27-23)29-13-3-4-14-29/h8-9,17,19H,1-7,10-16,18,25H2. The summed E-state index contributed by atoms with van der Waals surface area (Å²) in [6, 6.07) is 6.52. The molecule has 5 rings (SSSR count). The molecule has 1 atom stereocenters. The van der Waals surface area contributed by atoms with Gasteiger partial charge in [-0.3, -0.25) is 0 Å². The SMILES string of the molecule is NC1CCCN(c2nc(N3CCCC3)nc3cc(OCCCN4CCCC4)ccc23)C1. The molecule has 1 aromatic carbocycles. The van der Waals surface area contributed by atoms with Gasteiger partial charge in [0, 0.05) is 50.2 Å². The van der Waals surface area contributed by atoms with Gasteiger partial charge in [-0.05, 0) is 70.2 Å². The summed E-state index contributed by atoms with van der Waals surface area (Å²) in [7, 11) is 0. The van der Waals surface area contributed by atoms with Gasteiger partial charge in [0.2, 0.25) is 5.95 Å². The van der Waals surface area contributed by atoms with E-state index in [2.05, 4.69) is 32.9 Å². The Balaban J connectivity index is 1.36. The fourth-order valence-corrected chi connectivity index (χ4v) is 5.16. The minimum Gasteiger partial charge on any atom is -0.493 e. The summed E-state index contributed by atoms with van der Waals surface area (Å²) in [4.78, 5) is 17.2. The summed E-state index contributed by atoms with van der Waals surface area (Å²) >= 11 is 0. The first-order chi connectivity index (χ1) is 15.3. The van der Waals surface area contributed by atoms with E-state index in [-0.39, 0.29) is 6.04 Å². The lowest BCUT2D eigenvalue weighted by Crippen LogP contribution is -2.43. The van der Waals surface area contributed by atoms with E-state index in [9.17, 15) is 0 Å². The van der Waals surface area contributed by atoms with Crippen LogP contribution in [0.1, 0.15) is 44.9 Å². The predicted molar refractivity (Wildman–Crippen MR) is 126 cm³/mol.